The van der Waals surface area contributed by atoms with Crippen LogP contribution in [0.25, 0.3) is 0 Å². The van der Waals surface area contributed by atoms with E-state index in [-0.39, 0.29) is 21.3 Å². The minimum absolute atomic E-state index is 0.144. The molecule has 1 aliphatic rings. The van der Waals surface area contributed by atoms with Crippen LogP contribution in [0.1, 0.15) is 13.3 Å². The topological polar surface area (TPSA) is 58.2 Å². The second kappa shape index (κ2) is 5.87. The van der Waals surface area contributed by atoms with Gasteiger partial charge in [-0.2, -0.15) is 0 Å². The first-order valence-corrected chi connectivity index (χ1v) is 8.36. The molecule has 1 aliphatic heterocycles. The van der Waals surface area contributed by atoms with Gasteiger partial charge in [0.15, 0.2) is 5.82 Å². The Balaban J connectivity index is 2.25. The first-order valence-electron chi connectivity index (χ1n) is 6.09. The monoisotopic (exact) mass is 350 g/mol. The third-order valence-electron chi connectivity index (χ3n) is 3.34. The Morgan fingerprint density at radius 1 is 1.47 bits per heavy atom. The van der Waals surface area contributed by atoms with Crippen LogP contribution in [-0.2, 0) is 10.0 Å². The number of benzene rings is 1. The lowest BCUT2D eigenvalue weighted by Crippen LogP contribution is -2.50. The van der Waals surface area contributed by atoms with Gasteiger partial charge in [-0.25, -0.2) is 17.5 Å². The number of nitrogens with one attached hydrogen (secondary N) is 2. The molecule has 0 radical (unpaired) electrons. The Bertz CT molecular complexity index is 565. The van der Waals surface area contributed by atoms with Crippen molar-refractivity contribution in [3.8, 4) is 0 Å². The summed E-state index contributed by atoms with van der Waals surface area (Å²) in [7, 11) is -3.84. The maximum atomic E-state index is 13.9. The van der Waals surface area contributed by atoms with Crippen molar-refractivity contribution in [1.29, 1.82) is 0 Å². The Labute approximate surface area is 121 Å². The van der Waals surface area contributed by atoms with E-state index >= 15 is 0 Å². The van der Waals surface area contributed by atoms with Crippen LogP contribution in [0.3, 0.4) is 0 Å². The van der Waals surface area contributed by atoms with Gasteiger partial charge in [0.05, 0.1) is 4.47 Å². The molecule has 7 heteroatoms. The minimum Gasteiger partial charge on any atom is -0.315 e. The summed E-state index contributed by atoms with van der Waals surface area (Å²) in [5, 5.41) is 3.14. The van der Waals surface area contributed by atoms with Gasteiger partial charge in [0.2, 0.25) is 10.0 Å². The van der Waals surface area contributed by atoms with Crippen molar-refractivity contribution in [2.24, 2.45) is 5.92 Å². The molecule has 2 unspecified atom stereocenters. The van der Waals surface area contributed by atoms with Crippen molar-refractivity contribution < 1.29 is 12.8 Å². The van der Waals surface area contributed by atoms with Crippen LogP contribution in [-0.4, -0.2) is 27.5 Å². The lowest BCUT2D eigenvalue weighted by molar-refractivity contribution is 0.327. The van der Waals surface area contributed by atoms with Gasteiger partial charge in [0.25, 0.3) is 0 Å². The molecular weight excluding hydrogens is 335 g/mol. The van der Waals surface area contributed by atoms with Crippen molar-refractivity contribution in [2.45, 2.75) is 24.3 Å². The lowest BCUT2D eigenvalue weighted by Gasteiger charge is -2.30. The Hall–Kier alpha value is -0.500. The van der Waals surface area contributed by atoms with Gasteiger partial charge in [-0.05, 0) is 46.9 Å². The highest BCUT2D eigenvalue weighted by Crippen LogP contribution is 2.23. The summed E-state index contributed by atoms with van der Waals surface area (Å²) >= 11 is 3.00. The van der Waals surface area contributed by atoms with E-state index in [9.17, 15) is 12.8 Å². The van der Waals surface area contributed by atoms with Crippen molar-refractivity contribution >= 4 is 26.0 Å². The van der Waals surface area contributed by atoms with Crippen LogP contribution in [0.5, 0.6) is 0 Å². The van der Waals surface area contributed by atoms with Crippen molar-refractivity contribution in [1.82, 2.24) is 10.0 Å². The standard InChI is InChI=1S/C12H16BrFN2O2S/c1-8-5-6-15-7-10(8)16-19(17,18)11-4-2-3-9(13)12(11)14/h2-4,8,10,15-16H,5-7H2,1H3. The van der Waals surface area contributed by atoms with E-state index in [4.69, 9.17) is 0 Å². The van der Waals surface area contributed by atoms with E-state index in [2.05, 4.69) is 26.0 Å². The number of rotatable bonds is 3. The number of hydrogen-bond acceptors (Lipinski definition) is 3. The zero-order valence-corrected chi connectivity index (χ0v) is 12.9. The lowest BCUT2D eigenvalue weighted by atomic mass is 9.96. The van der Waals surface area contributed by atoms with Crippen LogP contribution in [0.2, 0.25) is 0 Å². The van der Waals surface area contributed by atoms with Gasteiger partial charge in [-0.1, -0.05) is 13.0 Å². The van der Waals surface area contributed by atoms with Gasteiger partial charge in [-0.3, -0.25) is 0 Å². The molecule has 19 heavy (non-hydrogen) atoms. The fraction of sp³-hybridized carbons (Fsp3) is 0.500. The summed E-state index contributed by atoms with van der Waals surface area (Å²) in [5.74, 6) is -0.530. The molecule has 4 nitrogen and oxygen atoms in total. The Morgan fingerprint density at radius 2 is 2.21 bits per heavy atom. The largest absolute Gasteiger partial charge is 0.315 e. The number of hydrogen-bond donors (Lipinski definition) is 2. The molecule has 2 atom stereocenters. The van der Waals surface area contributed by atoms with Gasteiger partial charge in [0.1, 0.15) is 4.90 Å². The minimum atomic E-state index is -3.84. The van der Waals surface area contributed by atoms with E-state index < -0.39 is 15.8 Å². The SMILES string of the molecule is CC1CCNCC1NS(=O)(=O)c1cccc(Br)c1F. The fourth-order valence-electron chi connectivity index (χ4n) is 2.10. The second-order valence-electron chi connectivity index (χ2n) is 4.75. The van der Waals surface area contributed by atoms with E-state index in [1.165, 1.54) is 18.2 Å². The fourth-order valence-corrected chi connectivity index (χ4v) is 4.04. The molecule has 0 aliphatic carbocycles. The smallest absolute Gasteiger partial charge is 0.243 e. The molecule has 2 N–H and O–H groups in total. The predicted octanol–water partition coefficient (Wildman–Crippen LogP) is 1.86. The van der Waals surface area contributed by atoms with Crippen molar-refractivity contribution in [2.75, 3.05) is 13.1 Å². The van der Waals surface area contributed by atoms with E-state index in [0.717, 1.165) is 13.0 Å². The van der Waals surface area contributed by atoms with Crippen LogP contribution in [0.4, 0.5) is 4.39 Å². The van der Waals surface area contributed by atoms with Gasteiger partial charge in [0, 0.05) is 12.6 Å². The highest BCUT2D eigenvalue weighted by molar-refractivity contribution is 9.10. The summed E-state index contributed by atoms with van der Waals surface area (Å²) in [6.07, 6.45) is 0.897. The first kappa shape index (κ1) is 14.9. The molecule has 106 valence electrons. The first-order chi connectivity index (χ1) is 8.92. The van der Waals surface area contributed by atoms with E-state index in [1.807, 2.05) is 6.92 Å². The molecule has 0 bridgehead atoms. The number of piperidine rings is 1. The Kier molecular flexibility index (Phi) is 4.60. The zero-order valence-electron chi connectivity index (χ0n) is 10.5. The third-order valence-corrected chi connectivity index (χ3v) is 5.46. The summed E-state index contributed by atoms with van der Waals surface area (Å²) < 4.78 is 41.0. The van der Waals surface area contributed by atoms with Crippen LogP contribution in [0.15, 0.2) is 27.6 Å². The highest BCUT2D eigenvalue weighted by Gasteiger charge is 2.28. The molecule has 1 saturated heterocycles. The molecule has 1 aromatic carbocycles. The van der Waals surface area contributed by atoms with Gasteiger partial charge in [-0.15, -0.1) is 0 Å². The molecule has 1 aromatic rings. The summed E-state index contributed by atoms with van der Waals surface area (Å²) in [6, 6.07) is 4.03. The quantitative estimate of drug-likeness (QED) is 0.874. The van der Waals surface area contributed by atoms with E-state index in [0.29, 0.717) is 6.54 Å². The third kappa shape index (κ3) is 3.34. The Morgan fingerprint density at radius 3 is 2.89 bits per heavy atom. The molecule has 0 aromatic heterocycles. The molecule has 0 saturated carbocycles. The van der Waals surface area contributed by atoms with Crippen LogP contribution in [0, 0.1) is 11.7 Å². The molecule has 0 amide bonds. The molecule has 1 fully saturated rings. The zero-order chi connectivity index (χ0) is 14.0. The normalized spacial score (nSPS) is 24.4. The number of sulfonamides is 1. The molecule has 2 rings (SSSR count). The summed E-state index contributed by atoms with van der Waals surface area (Å²) in [4.78, 5) is -0.320. The molecule has 1 heterocycles. The molecular formula is C12H16BrFN2O2S. The highest BCUT2D eigenvalue weighted by atomic mass is 79.9. The van der Waals surface area contributed by atoms with Crippen LogP contribution >= 0.6 is 15.9 Å². The average Bonchev–Trinajstić information content (AvgIpc) is 2.35. The van der Waals surface area contributed by atoms with Crippen molar-refractivity contribution in [3.63, 3.8) is 0 Å². The van der Waals surface area contributed by atoms with Gasteiger partial charge >= 0.3 is 0 Å². The molecule has 0 spiro atoms. The van der Waals surface area contributed by atoms with Crippen molar-refractivity contribution in [3.05, 3.63) is 28.5 Å². The maximum Gasteiger partial charge on any atom is 0.243 e. The summed E-state index contributed by atoms with van der Waals surface area (Å²) in [6.45, 7) is 3.44. The predicted molar refractivity (Wildman–Crippen MR) is 74.9 cm³/mol. The van der Waals surface area contributed by atoms with E-state index in [1.54, 1.807) is 0 Å². The maximum absolute atomic E-state index is 13.9. The number of halogens is 2. The second-order valence-corrected chi connectivity index (χ2v) is 7.29. The summed E-state index contributed by atoms with van der Waals surface area (Å²) in [5.41, 5.74) is 0. The average molecular weight is 351 g/mol. The van der Waals surface area contributed by atoms with Gasteiger partial charge < -0.3 is 5.32 Å². The van der Waals surface area contributed by atoms with Crippen LogP contribution < -0.4 is 10.0 Å².